The molecular weight excluding hydrogens is 439 g/mol. The van der Waals surface area contributed by atoms with E-state index in [-0.39, 0.29) is 32.7 Å². The number of pyridine rings is 3. The third-order valence-corrected chi connectivity index (χ3v) is 5.05. The van der Waals surface area contributed by atoms with Gasteiger partial charge in [-0.15, -0.1) is 0 Å². The third kappa shape index (κ3) is 4.05. The zero-order chi connectivity index (χ0) is 22.0. The largest absolute Gasteiger partial charge is 0.494 e. The zero-order valence-electron chi connectivity index (χ0n) is 16.1. The van der Waals surface area contributed by atoms with Crippen molar-refractivity contribution < 1.29 is 14.3 Å². The molecular formula is C22H14Cl2N4O3. The number of carbonyl (C=O) groups excluding carboxylic acids is 2. The fraction of sp³-hybridized carbons (Fsp3) is 0.0455. The Balaban J connectivity index is 1.88. The summed E-state index contributed by atoms with van der Waals surface area (Å²) in [6, 6.07) is 11.7. The van der Waals surface area contributed by atoms with E-state index in [1.807, 2.05) is 0 Å². The summed E-state index contributed by atoms with van der Waals surface area (Å²) in [5.74, 6) is -0.642. The second-order valence-electron chi connectivity index (χ2n) is 6.39. The van der Waals surface area contributed by atoms with Crippen molar-refractivity contribution in [2.24, 2.45) is 0 Å². The maximum Gasteiger partial charge on any atom is 0.258 e. The highest BCUT2D eigenvalue weighted by Gasteiger charge is 2.24. The van der Waals surface area contributed by atoms with Gasteiger partial charge in [-0.3, -0.25) is 19.6 Å². The van der Waals surface area contributed by atoms with Crippen LogP contribution in [0.3, 0.4) is 0 Å². The fourth-order valence-electron chi connectivity index (χ4n) is 3.01. The Morgan fingerprint density at radius 2 is 1.81 bits per heavy atom. The third-order valence-electron chi connectivity index (χ3n) is 4.48. The van der Waals surface area contributed by atoms with Gasteiger partial charge in [0, 0.05) is 24.0 Å². The van der Waals surface area contributed by atoms with Gasteiger partial charge >= 0.3 is 0 Å². The topological polar surface area (TPSA) is 94.1 Å². The van der Waals surface area contributed by atoms with E-state index in [2.05, 4.69) is 20.3 Å². The molecule has 4 rings (SSSR count). The molecule has 0 bridgehead atoms. The van der Waals surface area contributed by atoms with Gasteiger partial charge in [-0.05, 0) is 24.3 Å². The molecule has 3 aromatic heterocycles. The molecule has 0 unspecified atom stereocenters. The van der Waals surface area contributed by atoms with Crippen LogP contribution in [0.1, 0.15) is 26.5 Å². The molecule has 0 spiro atoms. The van der Waals surface area contributed by atoms with Crippen molar-refractivity contribution >= 4 is 51.5 Å². The van der Waals surface area contributed by atoms with Crippen molar-refractivity contribution in [3.8, 4) is 5.75 Å². The Hall–Kier alpha value is -3.55. The number of fused-ring (bicyclic) bond motifs is 1. The first-order valence-electron chi connectivity index (χ1n) is 9.03. The predicted octanol–water partition coefficient (Wildman–Crippen LogP) is 4.82. The zero-order valence-corrected chi connectivity index (χ0v) is 17.6. The number of anilines is 1. The summed E-state index contributed by atoms with van der Waals surface area (Å²) in [6.45, 7) is 0. The number of hydrogen-bond acceptors (Lipinski definition) is 6. The normalized spacial score (nSPS) is 10.7. The lowest BCUT2D eigenvalue weighted by Gasteiger charge is -2.13. The summed E-state index contributed by atoms with van der Waals surface area (Å²) in [6.07, 6.45) is 4.20. The van der Waals surface area contributed by atoms with Crippen molar-refractivity contribution in [3.05, 3.63) is 88.1 Å². The van der Waals surface area contributed by atoms with E-state index >= 15 is 0 Å². The molecule has 0 aliphatic rings. The molecule has 31 heavy (non-hydrogen) atoms. The Labute approximate surface area is 187 Å². The number of ketones is 1. The number of nitrogens with one attached hydrogen (secondary N) is 1. The summed E-state index contributed by atoms with van der Waals surface area (Å²) < 4.78 is 5.36. The highest BCUT2D eigenvalue weighted by Crippen LogP contribution is 2.31. The van der Waals surface area contributed by atoms with Crippen molar-refractivity contribution in [2.75, 3.05) is 12.4 Å². The number of amides is 1. The lowest BCUT2D eigenvalue weighted by atomic mass is 10.0. The summed E-state index contributed by atoms with van der Waals surface area (Å²) in [5, 5.41) is 3.59. The Kier molecular flexibility index (Phi) is 5.79. The number of hydrogen-bond donors (Lipinski definition) is 1. The number of rotatable bonds is 5. The predicted molar refractivity (Wildman–Crippen MR) is 118 cm³/mol. The van der Waals surface area contributed by atoms with Gasteiger partial charge in [0.2, 0.25) is 5.78 Å². The summed E-state index contributed by atoms with van der Waals surface area (Å²) in [4.78, 5) is 38.8. The minimum atomic E-state index is -0.605. The molecule has 1 amide bonds. The van der Waals surface area contributed by atoms with Gasteiger partial charge in [-0.25, -0.2) is 4.98 Å². The average Bonchev–Trinajstić information content (AvgIpc) is 2.80. The summed E-state index contributed by atoms with van der Waals surface area (Å²) >= 11 is 12.2. The van der Waals surface area contributed by atoms with Crippen LogP contribution in [0.25, 0.3) is 10.9 Å². The quantitative estimate of drug-likeness (QED) is 0.436. The van der Waals surface area contributed by atoms with Crippen LogP contribution in [-0.2, 0) is 0 Å². The van der Waals surface area contributed by atoms with Crippen molar-refractivity contribution in [1.29, 1.82) is 0 Å². The summed E-state index contributed by atoms with van der Waals surface area (Å²) in [5.41, 5.74) is 0.749. The van der Waals surface area contributed by atoms with Gasteiger partial charge in [0.1, 0.15) is 22.7 Å². The first-order valence-corrected chi connectivity index (χ1v) is 9.79. The van der Waals surface area contributed by atoms with Crippen molar-refractivity contribution in [1.82, 2.24) is 15.0 Å². The van der Waals surface area contributed by atoms with E-state index < -0.39 is 11.7 Å². The number of benzene rings is 1. The number of para-hydroxylation sites is 1. The standard InChI is InChI=1S/C22H14Cl2N4O3/c1-31-17-7-4-5-12-9-13(22(30)28-20-14(23)10-25-11-15(20)24)19(27-18(12)17)21(29)16-6-2-3-8-26-16/h2-11H,1H3,(H,25,28,30). The van der Waals surface area contributed by atoms with Crippen LogP contribution >= 0.6 is 23.2 Å². The van der Waals surface area contributed by atoms with Crippen LogP contribution in [0.15, 0.2) is 61.1 Å². The van der Waals surface area contributed by atoms with Gasteiger partial charge in [-0.1, -0.05) is 41.4 Å². The molecule has 154 valence electrons. The smallest absolute Gasteiger partial charge is 0.258 e. The average molecular weight is 453 g/mol. The molecule has 0 saturated heterocycles. The molecule has 9 heteroatoms. The molecule has 0 saturated carbocycles. The van der Waals surface area contributed by atoms with Crippen LogP contribution in [0, 0.1) is 0 Å². The second-order valence-corrected chi connectivity index (χ2v) is 7.21. The van der Waals surface area contributed by atoms with E-state index in [9.17, 15) is 9.59 Å². The highest BCUT2D eigenvalue weighted by molar-refractivity contribution is 6.39. The summed E-state index contributed by atoms with van der Waals surface area (Å²) in [7, 11) is 1.50. The second kappa shape index (κ2) is 8.67. The maximum absolute atomic E-state index is 13.2. The lowest BCUT2D eigenvalue weighted by molar-refractivity contribution is 0.0991. The van der Waals surface area contributed by atoms with E-state index in [4.69, 9.17) is 27.9 Å². The van der Waals surface area contributed by atoms with E-state index in [0.29, 0.717) is 16.7 Å². The highest BCUT2D eigenvalue weighted by atomic mass is 35.5. The maximum atomic E-state index is 13.2. The minimum absolute atomic E-state index is 0.0420. The van der Waals surface area contributed by atoms with Gasteiger partial charge in [0.25, 0.3) is 5.91 Å². The molecule has 4 aromatic rings. The van der Waals surface area contributed by atoms with E-state index in [0.717, 1.165) is 0 Å². The first-order chi connectivity index (χ1) is 15.0. The van der Waals surface area contributed by atoms with Gasteiger partial charge in [0.05, 0.1) is 28.4 Å². The van der Waals surface area contributed by atoms with Crippen LogP contribution in [0.2, 0.25) is 10.0 Å². The molecule has 1 aromatic carbocycles. The van der Waals surface area contributed by atoms with E-state index in [1.165, 1.54) is 25.7 Å². The molecule has 3 heterocycles. The Bertz CT molecular complexity index is 1290. The number of methoxy groups -OCH3 is 1. The first kappa shape index (κ1) is 20.7. The molecule has 1 N–H and O–H groups in total. The molecule has 0 aliphatic heterocycles. The Morgan fingerprint density at radius 1 is 1.03 bits per heavy atom. The van der Waals surface area contributed by atoms with E-state index in [1.54, 1.807) is 42.5 Å². The van der Waals surface area contributed by atoms with Gasteiger partial charge < -0.3 is 10.1 Å². The van der Waals surface area contributed by atoms with Gasteiger partial charge in [-0.2, -0.15) is 0 Å². The number of nitrogens with zero attached hydrogens (tertiary/aromatic N) is 3. The number of aromatic nitrogens is 3. The SMILES string of the molecule is COc1cccc2cc(C(=O)Nc3c(Cl)cncc3Cl)c(C(=O)c3ccccn3)nc12. The fourth-order valence-corrected chi connectivity index (χ4v) is 3.47. The van der Waals surface area contributed by atoms with Crippen LogP contribution in [-0.4, -0.2) is 33.8 Å². The lowest BCUT2D eigenvalue weighted by Crippen LogP contribution is -2.19. The molecule has 0 fully saturated rings. The van der Waals surface area contributed by atoms with Crippen LogP contribution in [0.5, 0.6) is 5.75 Å². The molecule has 7 nitrogen and oxygen atoms in total. The van der Waals surface area contributed by atoms with Crippen LogP contribution in [0.4, 0.5) is 5.69 Å². The Morgan fingerprint density at radius 3 is 2.48 bits per heavy atom. The van der Waals surface area contributed by atoms with Crippen molar-refractivity contribution in [2.45, 2.75) is 0 Å². The van der Waals surface area contributed by atoms with Crippen molar-refractivity contribution in [3.63, 3.8) is 0 Å². The molecule has 0 radical (unpaired) electrons. The number of ether oxygens (including phenoxy) is 1. The van der Waals surface area contributed by atoms with Crippen LogP contribution < -0.4 is 10.1 Å². The number of halogens is 2. The molecule has 0 atom stereocenters. The van der Waals surface area contributed by atoms with Gasteiger partial charge in [0.15, 0.2) is 0 Å². The number of carbonyl (C=O) groups is 2. The monoisotopic (exact) mass is 452 g/mol. The minimum Gasteiger partial charge on any atom is -0.494 e. The molecule has 0 aliphatic carbocycles.